The van der Waals surface area contributed by atoms with E-state index in [0.29, 0.717) is 38.8 Å². The number of esters is 2. The smallest absolute Gasteiger partial charge is 0.343 e. The number of ether oxygens (including phenoxy) is 1. The summed E-state index contributed by atoms with van der Waals surface area (Å²) in [5, 5.41) is 2.95. The van der Waals surface area contributed by atoms with Crippen LogP contribution in [0.4, 0.5) is 0 Å². The topological polar surface area (TPSA) is 128 Å². The predicted octanol–water partition coefficient (Wildman–Crippen LogP) is 1.75. The van der Waals surface area contributed by atoms with Gasteiger partial charge in [0.05, 0.1) is 6.16 Å². The zero-order valence-electron chi connectivity index (χ0n) is 15.9. The fraction of sp³-hybridized carbons (Fsp3) is 0.579. The number of nitrogens with two attached hydrogens (primary N) is 1. The largest absolute Gasteiger partial charge is 0.390 e. The lowest BCUT2D eigenvalue weighted by molar-refractivity contribution is -0.166. The molecule has 8 nitrogen and oxygen atoms in total. The molecule has 2 rings (SSSR count). The highest BCUT2D eigenvalue weighted by molar-refractivity contribution is 7.52. The number of benzene rings is 1. The lowest BCUT2D eigenvalue weighted by Crippen LogP contribution is -2.37. The fourth-order valence-electron chi connectivity index (χ4n) is 2.98. The molecule has 1 aliphatic heterocycles. The van der Waals surface area contributed by atoms with Crippen LogP contribution in [0.15, 0.2) is 30.3 Å². The molecule has 9 heteroatoms. The number of unbranched alkanes of at least 4 members (excludes halogenated alkanes) is 1. The van der Waals surface area contributed by atoms with Crippen LogP contribution in [0, 0.1) is 0 Å². The molecule has 1 heterocycles. The van der Waals surface area contributed by atoms with Gasteiger partial charge in [-0.05, 0) is 57.2 Å². The van der Waals surface area contributed by atoms with Crippen molar-refractivity contribution < 1.29 is 28.3 Å². The number of rotatable bonds is 11. The number of carbonyl (C=O) groups is 2. The summed E-state index contributed by atoms with van der Waals surface area (Å²) >= 11 is 0. The van der Waals surface area contributed by atoms with Crippen LogP contribution < -0.4 is 11.1 Å². The Morgan fingerprint density at radius 2 is 2.04 bits per heavy atom. The Morgan fingerprint density at radius 1 is 1.29 bits per heavy atom. The summed E-state index contributed by atoms with van der Waals surface area (Å²) in [5.74, 6) is -1.60. The molecule has 0 saturated carbocycles. The van der Waals surface area contributed by atoms with Crippen molar-refractivity contribution in [1.82, 2.24) is 5.32 Å². The molecular formula is C19H29N2O6P. The molecule has 1 aliphatic rings. The Morgan fingerprint density at radius 3 is 2.68 bits per heavy atom. The number of hydrogen-bond acceptors (Lipinski definition) is 7. The van der Waals surface area contributed by atoms with Gasteiger partial charge in [-0.1, -0.05) is 30.3 Å². The summed E-state index contributed by atoms with van der Waals surface area (Å²) in [6.07, 6.45) is 1.67. The normalized spacial score (nSPS) is 19.7. The quantitative estimate of drug-likeness (QED) is 0.217. The van der Waals surface area contributed by atoms with Crippen LogP contribution in [0.3, 0.4) is 0 Å². The van der Waals surface area contributed by atoms with Crippen molar-refractivity contribution in [3.63, 3.8) is 0 Å². The molecule has 28 heavy (non-hydrogen) atoms. The Labute approximate surface area is 165 Å². The summed E-state index contributed by atoms with van der Waals surface area (Å²) in [7, 11) is -4.04. The van der Waals surface area contributed by atoms with Crippen LogP contribution in [0.5, 0.6) is 0 Å². The van der Waals surface area contributed by atoms with Crippen LogP contribution in [-0.2, 0) is 29.8 Å². The van der Waals surface area contributed by atoms with Crippen molar-refractivity contribution in [1.29, 1.82) is 0 Å². The van der Waals surface area contributed by atoms with E-state index in [4.69, 9.17) is 15.0 Å². The zero-order chi connectivity index (χ0) is 20.4. The molecule has 2 unspecified atom stereocenters. The van der Waals surface area contributed by atoms with E-state index in [2.05, 4.69) is 5.32 Å². The average Bonchev–Trinajstić information content (AvgIpc) is 3.21. The molecule has 0 radical (unpaired) electrons. The Hall–Kier alpha value is -1.57. The highest BCUT2D eigenvalue weighted by Crippen LogP contribution is 2.44. The molecule has 1 saturated heterocycles. The molecule has 0 aliphatic carbocycles. The maximum atomic E-state index is 12.5. The molecule has 0 amide bonds. The second-order valence-corrected chi connectivity index (χ2v) is 8.80. The van der Waals surface area contributed by atoms with E-state index in [1.165, 1.54) is 0 Å². The maximum absolute atomic E-state index is 12.5. The van der Waals surface area contributed by atoms with Crippen LogP contribution in [0.1, 0.15) is 37.7 Å². The van der Waals surface area contributed by atoms with Gasteiger partial charge in [0.1, 0.15) is 6.04 Å². The summed E-state index contributed by atoms with van der Waals surface area (Å²) < 4.78 is 22.6. The predicted molar refractivity (Wildman–Crippen MR) is 105 cm³/mol. The van der Waals surface area contributed by atoms with Crippen LogP contribution in [-0.4, -0.2) is 48.2 Å². The van der Waals surface area contributed by atoms with E-state index >= 15 is 0 Å². The first-order chi connectivity index (χ1) is 13.4. The van der Waals surface area contributed by atoms with Gasteiger partial charge in [0.15, 0.2) is 6.10 Å². The Kier molecular flexibility index (Phi) is 9.28. The standard InChI is InChI=1S/C19H29N2O6P/c20-12-5-4-10-17(19(23)26-18(22)16-9-6-13-21-16)27-28(24,25)14-11-15-7-2-1-3-8-15/h1-3,7-8,16-17,21H,4-6,9-14,20H2,(H,24,25)/t16-,17?/m0/s1. The molecule has 156 valence electrons. The van der Waals surface area contributed by atoms with Gasteiger partial charge in [-0.25, -0.2) is 9.59 Å². The summed E-state index contributed by atoms with van der Waals surface area (Å²) in [4.78, 5) is 34.7. The third-order valence-corrected chi connectivity index (χ3v) is 5.92. The fourth-order valence-corrected chi connectivity index (χ4v) is 4.21. The van der Waals surface area contributed by atoms with Crippen molar-refractivity contribution in [3.8, 4) is 0 Å². The first-order valence-corrected chi connectivity index (χ1v) is 11.4. The summed E-state index contributed by atoms with van der Waals surface area (Å²) in [6.45, 7) is 1.12. The van der Waals surface area contributed by atoms with Gasteiger partial charge < -0.3 is 20.7 Å². The van der Waals surface area contributed by atoms with Gasteiger partial charge in [0, 0.05) is 0 Å². The van der Waals surface area contributed by atoms with Gasteiger partial charge in [-0.15, -0.1) is 0 Å². The third-order valence-electron chi connectivity index (χ3n) is 4.55. The molecule has 1 fully saturated rings. The second-order valence-electron chi connectivity index (χ2n) is 6.86. The first kappa shape index (κ1) is 22.7. The van der Waals surface area contributed by atoms with Gasteiger partial charge in [-0.3, -0.25) is 9.09 Å². The number of carbonyl (C=O) groups excluding carboxylic acids is 2. The number of hydrogen-bond donors (Lipinski definition) is 3. The molecule has 1 aromatic rings. The van der Waals surface area contributed by atoms with Crippen molar-refractivity contribution >= 4 is 19.5 Å². The van der Waals surface area contributed by atoms with E-state index in [1.807, 2.05) is 30.3 Å². The minimum absolute atomic E-state index is 0.129. The van der Waals surface area contributed by atoms with E-state index < -0.39 is 31.7 Å². The second kappa shape index (κ2) is 11.4. The lowest BCUT2D eigenvalue weighted by atomic mass is 10.1. The van der Waals surface area contributed by atoms with E-state index in [1.54, 1.807) is 0 Å². The van der Waals surface area contributed by atoms with Crippen molar-refractivity contribution in [2.75, 3.05) is 19.3 Å². The van der Waals surface area contributed by atoms with Gasteiger partial charge in [-0.2, -0.15) is 0 Å². The van der Waals surface area contributed by atoms with Crippen molar-refractivity contribution in [2.45, 2.75) is 50.7 Å². The van der Waals surface area contributed by atoms with Crippen LogP contribution in [0.25, 0.3) is 0 Å². The van der Waals surface area contributed by atoms with Gasteiger partial charge in [0.25, 0.3) is 0 Å². The van der Waals surface area contributed by atoms with E-state index in [-0.39, 0.29) is 12.6 Å². The zero-order valence-corrected chi connectivity index (χ0v) is 16.8. The highest BCUT2D eigenvalue weighted by atomic mass is 31.2. The van der Waals surface area contributed by atoms with Crippen LogP contribution >= 0.6 is 7.60 Å². The molecule has 0 bridgehead atoms. The third kappa shape index (κ3) is 7.81. The highest BCUT2D eigenvalue weighted by Gasteiger charge is 2.33. The molecule has 0 aromatic heterocycles. The Balaban J connectivity index is 1.94. The van der Waals surface area contributed by atoms with E-state index in [0.717, 1.165) is 12.0 Å². The minimum Gasteiger partial charge on any atom is -0.390 e. The Bertz CT molecular complexity index is 678. The summed E-state index contributed by atoms with van der Waals surface area (Å²) in [5.41, 5.74) is 6.36. The van der Waals surface area contributed by atoms with Gasteiger partial charge >= 0.3 is 19.5 Å². The molecule has 1 aromatic carbocycles. The molecule has 3 atom stereocenters. The lowest BCUT2D eigenvalue weighted by Gasteiger charge is -2.20. The van der Waals surface area contributed by atoms with Gasteiger partial charge in [0.2, 0.25) is 0 Å². The SMILES string of the molecule is NCCCCC(OP(=O)(O)CCc1ccccc1)C(=O)OC(=O)[C@@H]1CCCN1. The minimum atomic E-state index is -4.04. The molecular weight excluding hydrogens is 383 g/mol. The molecule has 4 N–H and O–H groups in total. The number of aryl methyl sites for hydroxylation is 1. The van der Waals surface area contributed by atoms with Crippen LogP contribution in [0.2, 0.25) is 0 Å². The summed E-state index contributed by atoms with van der Waals surface area (Å²) in [6, 6.07) is 8.72. The first-order valence-electron chi connectivity index (χ1n) is 9.64. The van der Waals surface area contributed by atoms with E-state index in [9.17, 15) is 19.0 Å². The average molecular weight is 412 g/mol. The monoisotopic (exact) mass is 412 g/mol. The maximum Gasteiger partial charge on any atom is 0.343 e. The number of nitrogens with one attached hydrogen (secondary N) is 1. The van der Waals surface area contributed by atoms with Crippen molar-refractivity contribution in [3.05, 3.63) is 35.9 Å². The van der Waals surface area contributed by atoms with Crippen molar-refractivity contribution in [2.24, 2.45) is 5.73 Å². The molecule has 0 spiro atoms.